The fourth-order valence-corrected chi connectivity index (χ4v) is 3.77. The zero-order valence-electron chi connectivity index (χ0n) is 13.4. The van der Waals surface area contributed by atoms with Crippen molar-refractivity contribution in [3.63, 3.8) is 0 Å². The molecule has 1 amide bonds. The van der Waals surface area contributed by atoms with Crippen LogP contribution in [-0.2, 0) is 11.3 Å². The minimum absolute atomic E-state index is 0.154. The molecular weight excluding hydrogens is 342 g/mol. The number of rotatable bonds is 5. The zero-order valence-corrected chi connectivity index (χ0v) is 15.0. The highest BCUT2D eigenvalue weighted by molar-refractivity contribution is 8.00. The molecule has 0 radical (unpaired) electrons. The SMILES string of the molecule is O=C(CSc1ncccc1Cl)N1CCN(Cc2ccccc2)CC1. The van der Waals surface area contributed by atoms with Gasteiger partial charge in [0.2, 0.25) is 5.91 Å². The van der Waals surface area contributed by atoms with E-state index in [2.05, 4.69) is 34.1 Å². The third-order valence-corrected chi connectivity index (χ3v) is 5.44. The number of pyridine rings is 1. The van der Waals surface area contributed by atoms with Gasteiger partial charge in [0.05, 0.1) is 10.8 Å². The predicted molar refractivity (Wildman–Crippen MR) is 98.3 cm³/mol. The number of benzene rings is 1. The lowest BCUT2D eigenvalue weighted by atomic mass is 10.2. The fraction of sp³-hybridized carbons (Fsp3) is 0.333. The first-order valence-electron chi connectivity index (χ1n) is 8.00. The third-order valence-electron chi connectivity index (χ3n) is 4.03. The van der Waals surface area contributed by atoms with Crippen molar-refractivity contribution in [1.29, 1.82) is 0 Å². The van der Waals surface area contributed by atoms with Gasteiger partial charge in [-0.2, -0.15) is 0 Å². The molecule has 3 rings (SSSR count). The second kappa shape index (κ2) is 8.51. The molecule has 1 aliphatic rings. The highest BCUT2D eigenvalue weighted by Crippen LogP contribution is 2.24. The summed E-state index contributed by atoms with van der Waals surface area (Å²) in [6, 6.07) is 14.0. The minimum atomic E-state index is 0.154. The molecule has 1 aromatic carbocycles. The van der Waals surface area contributed by atoms with Crippen molar-refractivity contribution in [2.75, 3.05) is 31.9 Å². The second-order valence-corrected chi connectivity index (χ2v) is 7.09. The summed E-state index contributed by atoms with van der Waals surface area (Å²) in [5, 5.41) is 1.32. The summed E-state index contributed by atoms with van der Waals surface area (Å²) >= 11 is 7.48. The first-order chi connectivity index (χ1) is 11.7. The number of nitrogens with zero attached hydrogens (tertiary/aromatic N) is 3. The molecule has 6 heteroatoms. The number of halogens is 1. The number of aromatic nitrogens is 1. The van der Waals surface area contributed by atoms with Gasteiger partial charge in [-0.1, -0.05) is 53.7 Å². The van der Waals surface area contributed by atoms with Gasteiger partial charge in [-0.05, 0) is 17.7 Å². The van der Waals surface area contributed by atoms with Crippen molar-refractivity contribution >= 4 is 29.3 Å². The van der Waals surface area contributed by atoms with Crippen molar-refractivity contribution in [1.82, 2.24) is 14.8 Å². The molecule has 0 N–H and O–H groups in total. The molecule has 2 aromatic rings. The lowest BCUT2D eigenvalue weighted by Gasteiger charge is -2.34. The maximum atomic E-state index is 12.4. The van der Waals surface area contributed by atoms with E-state index in [1.165, 1.54) is 17.3 Å². The Morgan fingerprint density at radius 1 is 1.08 bits per heavy atom. The molecule has 24 heavy (non-hydrogen) atoms. The van der Waals surface area contributed by atoms with E-state index in [9.17, 15) is 4.79 Å². The van der Waals surface area contributed by atoms with Crippen molar-refractivity contribution < 1.29 is 4.79 Å². The highest BCUT2D eigenvalue weighted by atomic mass is 35.5. The van der Waals surface area contributed by atoms with Gasteiger partial charge < -0.3 is 4.90 Å². The molecule has 0 atom stereocenters. The smallest absolute Gasteiger partial charge is 0.233 e. The van der Waals surface area contributed by atoms with Gasteiger partial charge in [0.15, 0.2) is 0 Å². The van der Waals surface area contributed by atoms with Crippen LogP contribution in [0.4, 0.5) is 0 Å². The molecule has 0 bridgehead atoms. The van der Waals surface area contributed by atoms with Gasteiger partial charge >= 0.3 is 0 Å². The molecular formula is C18H20ClN3OS. The Morgan fingerprint density at radius 3 is 2.54 bits per heavy atom. The number of thioether (sulfide) groups is 1. The van der Waals surface area contributed by atoms with E-state index < -0.39 is 0 Å². The van der Waals surface area contributed by atoms with E-state index in [1.54, 1.807) is 18.3 Å². The molecule has 2 heterocycles. The molecule has 1 fully saturated rings. The molecule has 0 saturated carbocycles. The monoisotopic (exact) mass is 361 g/mol. The zero-order chi connectivity index (χ0) is 16.8. The van der Waals surface area contributed by atoms with Gasteiger partial charge in [0.25, 0.3) is 0 Å². The Bertz CT molecular complexity index is 675. The molecule has 4 nitrogen and oxygen atoms in total. The first kappa shape index (κ1) is 17.3. The van der Waals surface area contributed by atoms with Gasteiger partial charge in [0.1, 0.15) is 5.03 Å². The van der Waals surface area contributed by atoms with Gasteiger partial charge in [-0.3, -0.25) is 9.69 Å². The quantitative estimate of drug-likeness (QED) is 0.766. The first-order valence-corrected chi connectivity index (χ1v) is 9.36. The maximum Gasteiger partial charge on any atom is 0.233 e. The largest absolute Gasteiger partial charge is 0.339 e. The van der Waals surface area contributed by atoms with Crippen LogP contribution in [0.3, 0.4) is 0 Å². The molecule has 1 aliphatic heterocycles. The summed E-state index contributed by atoms with van der Waals surface area (Å²) in [7, 11) is 0. The molecule has 0 spiro atoms. The van der Waals surface area contributed by atoms with E-state index in [0.29, 0.717) is 10.8 Å². The summed E-state index contributed by atoms with van der Waals surface area (Å²) in [5.74, 6) is 0.538. The van der Waals surface area contributed by atoms with Crippen LogP contribution in [0.1, 0.15) is 5.56 Å². The standard InChI is InChI=1S/C18H20ClN3OS/c19-16-7-4-8-20-18(16)24-14-17(23)22-11-9-21(10-12-22)13-15-5-2-1-3-6-15/h1-8H,9-14H2. The number of hydrogen-bond acceptors (Lipinski definition) is 4. The number of hydrogen-bond donors (Lipinski definition) is 0. The van der Waals surface area contributed by atoms with E-state index in [1.807, 2.05) is 11.0 Å². The van der Waals surface area contributed by atoms with Crippen LogP contribution in [-0.4, -0.2) is 52.6 Å². The van der Waals surface area contributed by atoms with Crippen LogP contribution < -0.4 is 0 Å². The minimum Gasteiger partial charge on any atom is -0.339 e. The summed E-state index contributed by atoms with van der Waals surface area (Å²) in [4.78, 5) is 20.9. The van der Waals surface area contributed by atoms with Crippen LogP contribution in [0.5, 0.6) is 0 Å². The van der Waals surface area contributed by atoms with Crippen molar-refractivity contribution in [2.24, 2.45) is 0 Å². The van der Waals surface area contributed by atoms with Gasteiger partial charge in [0, 0.05) is 38.9 Å². The number of carbonyl (C=O) groups excluding carboxylic acids is 1. The van der Waals surface area contributed by atoms with E-state index in [0.717, 1.165) is 37.7 Å². The Balaban J connectivity index is 1.44. The molecule has 126 valence electrons. The molecule has 1 aromatic heterocycles. The predicted octanol–water partition coefficient (Wildman–Crippen LogP) is 3.17. The normalized spacial score (nSPS) is 15.5. The van der Waals surface area contributed by atoms with E-state index >= 15 is 0 Å². The van der Waals surface area contributed by atoms with Gasteiger partial charge in [-0.15, -0.1) is 0 Å². The molecule has 0 aliphatic carbocycles. The maximum absolute atomic E-state index is 12.4. The number of piperazine rings is 1. The summed E-state index contributed by atoms with van der Waals surface area (Å²) < 4.78 is 0. The topological polar surface area (TPSA) is 36.4 Å². The average molecular weight is 362 g/mol. The van der Waals surface area contributed by atoms with Crippen LogP contribution in [0.2, 0.25) is 5.02 Å². The lowest BCUT2D eigenvalue weighted by Crippen LogP contribution is -2.48. The van der Waals surface area contributed by atoms with Crippen LogP contribution in [0.15, 0.2) is 53.7 Å². The average Bonchev–Trinajstić information content (AvgIpc) is 2.62. The Hall–Kier alpha value is -1.56. The highest BCUT2D eigenvalue weighted by Gasteiger charge is 2.21. The number of amides is 1. The van der Waals surface area contributed by atoms with E-state index in [4.69, 9.17) is 11.6 Å². The Morgan fingerprint density at radius 2 is 1.83 bits per heavy atom. The van der Waals surface area contributed by atoms with Crippen LogP contribution in [0.25, 0.3) is 0 Å². The van der Waals surface area contributed by atoms with Crippen LogP contribution in [0, 0.1) is 0 Å². The summed E-state index contributed by atoms with van der Waals surface area (Å²) in [6.45, 7) is 4.33. The Labute approximate surface area is 151 Å². The third kappa shape index (κ3) is 4.72. The molecule has 0 unspecified atom stereocenters. The second-order valence-electron chi connectivity index (χ2n) is 5.72. The summed E-state index contributed by atoms with van der Waals surface area (Å²) in [5.41, 5.74) is 1.32. The van der Waals surface area contributed by atoms with Gasteiger partial charge in [-0.25, -0.2) is 4.98 Å². The van der Waals surface area contributed by atoms with Crippen LogP contribution >= 0.6 is 23.4 Å². The van der Waals surface area contributed by atoms with E-state index in [-0.39, 0.29) is 5.91 Å². The summed E-state index contributed by atoms with van der Waals surface area (Å²) in [6.07, 6.45) is 1.70. The van der Waals surface area contributed by atoms with Crippen molar-refractivity contribution in [3.8, 4) is 0 Å². The van der Waals surface area contributed by atoms with Crippen molar-refractivity contribution in [3.05, 3.63) is 59.2 Å². The lowest BCUT2D eigenvalue weighted by molar-refractivity contribution is -0.130. The molecule has 1 saturated heterocycles. The van der Waals surface area contributed by atoms with Crippen molar-refractivity contribution in [2.45, 2.75) is 11.6 Å². The number of carbonyl (C=O) groups is 1. The fourth-order valence-electron chi connectivity index (χ4n) is 2.70. The Kier molecular flexibility index (Phi) is 6.12.